The predicted molar refractivity (Wildman–Crippen MR) is 91.4 cm³/mol. The van der Waals surface area contributed by atoms with Gasteiger partial charge in [0.2, 0.25) is 0 Å². The highest BCUT2D eigenvalue weighted by atomic mass is 16.5. The molecule has 21 heavy (non-hydrogen) atoms. The van der Waals surface area contributed by atoms with Gasteiger partial charge < -0.3 is 4.74 Å². The Labute approximate surface area is 131 Å². The van der Waals surface area contributed by atoms with Crippen LogP contribution in [-0.4, -0.2) is 12.7 Å². The minimum Gasteiger partial charge on any atom is -0.378 e. The van der Waals surface area contributed by atoms with Crippen LogP contribution in [0.2, 0.25) is 0 Å². The van der Waals surface area contributed by atoms with Crippen molar-refractivity contribution in [2.45, 2.75) is 76.7 Å². The second kappa shape index (κ2) is 9.46. The fourth-order valence-corrected chi connectivity index (χ4v) is 4.35. The lowest BCUT2D eigenvalue weighted by Crippen LogP contribution is -2.28. The Balaban J connectivity index is 1.62. The van der Waals surface area contributed by atoms with E-state index in [9.17, 15) is 0 Å². The first-order valence-corrected chi connectivity index (χ1v) is 9.16. The first-order valence-electron chi connectivity index (χ1n) is 9.16. The zero-order valence-corrected chi connectivity index (χ0v) is 13.8. The van der Waals surface area contributed by atoms with Gasteiger partial charge in [0.15, 0.2) is 0 Å². The molecule has 120 valence electrons. The molecule has 0 N–H and O–H groups in total. The molecule has 0 radical (unpaired) electrons. The van der Waals surface area contributed by atoms with Gasteiger partial charge in [-0.2, -0.15) is 0 Å². The average molecular weight is 290 g/mol. The van der Waals surface area contributed by atoms with Crippen LogP contribution in [0.5, 0.6) is 0 Å². The standard InChI is InChI=1S/C20H34O/c1-3-5-7-17-8-10-18(11-9-17)19-12-14-20(15-13-19)21-16-6-4-2/h3-4,17-20H,1-2,5-16H2/t17-,18-,19-,20-. The summed E-state index contributed by atoms with van der Waals surface area (Å²) in [5.74, 6) is 2.99. The molecule has 2 aliphatic carbocycles. The SMILES string of the molecule is C=CCCO[C@H]1CC[C@H]([C@H]2CC[C@H](CCC=C)CC2)CC1. The van der Waals surface area contributed by atoms with E-state index >= 15 is 0 Å². The van der Waals surface area contributed by atoms with E-state index < -0.39 is 0 Å². The first-order chi connectivity index (χ1) is 10.3. The quantitative estimate of drug-likeness (QED) is 0.399. The van der Waals surface area contributed by atoms with Crippen LogP contribution in [0.3, 0.4) is 0 Å². The van der Waals surface area contributed by atoms with Crippen molar-refractivity contribution in [3.05, 3.63) is 25.3 Å². The Kier molecular flexibility index (Phi) is 7.57. The number of ether oxygens (including phenoxy) is 1. The minimum absolute atomic E-state index is 0.533. The molecular weight excluding hydrogens is 256 g/mol. The van der Waals surface area contributed by atoms with E-state index in [1.54, 1.807) is 0 Å². The van der Waals surface area contributed by atoms with Crippen LogP contribution in [-0.2, 0) is 4.74 Å². The molecule has 2 aliphatic rings. The molecule has 2 fully saturated rings. The van der Waals surface area contributed by atoms with E-state index in [2.05, 4.69) is 19.2 Å². The van der Waals surface area contributed by atoms with Crippen LogP contribution in [0.15, 0.2) is 25.3 Å². The van der Waals surface area contributed by atoms with E-state index in [4.69, 9.17) is 4.74 Å². The largest absolute Gasteiger partial charge is 0.378 e. The molecular formula is C20H34O. The second-order valence-corrected chi connectivity index (χ2v) is 7.13. The van der Waals surface area contributed by atoms with Crippen molar-refractivity contribution >= 4 is 0 Å². The zero-order valence-electron chi connectivity index (χ0n) is 13.8. The van der Waals surface area contributed by atoms with Gasteiger partial charge in [-0.25, -0.2) is 0 Å². The van der Waals surface area contributed by atoms with Crippen molar-refractivity contribution in [2.24, 2.45) is 17.8 Å². The smallest absolute Gasteiger partial charge is 0.0575 e. The van der Waals surface area contributed by atoms with Crippen molar-refractivity contribution in [3.63, 3.8) is 0 Å². The summed E-state index contributed by atoms with van der Waals surface area (Å²) in [7, 11) is 0. The van der Waals surface area contributed by atoms with Crippen LogP contribution in [0.1, 0.15) is 70.6 Å². The van der Waals surface area contributed by atoms with E-state index in [-0.39, 0.29) is 0 Å². The molecule has 0 bridgehead atoms. The highest BCUT2D eigenvalue weighted by Gasteiger charge is 2.30. The lowest BCUT2D eigenvalue weighted by molar-refractivity contribution is 0.00916. The van der Waals surface area contributed by atoms with Crippen LogP contribution in [0.4, 0.5) is 0 Å². The highest BCUT2D eigenvalue weighted by molar-refractivity contribution is 4.83. The summed E-state index contributed by atoms with van der Waals surface area (Å²) >= 11 is 0. The first kappa shape index (κ1) is 16.8. The molecule has 0 aromatic carbocycles. The van der Waals surface area contributed by atoms with E-state index in [0.717, 1.165) is 30.8 Å². The van der Waals surface area contributed by atoms with E-state index in [1.807, 2.05) is 6.08 Å². The molecule has 0 atom stereocenters. The molecule has 0 aliphatic heterocycles. The lowest BCUT2D eigenvalue weighted by Gasteiger charge is -2.37. The van der Waals surface area contributed by atoms with Gasteiger partial charge in [-0.3, -0.25) is 0 Å². The fourth-order valence-electron chi connectivity index (χ4n) is 4.35. The fraction of sp³-hybridized carbons (Fsp3) is 0.800. The molecule has 0 spiro atoms. The second-order valence-electron chi connectivity index (χ2n) is 7.13. The van der Waals surface area contributed by atoms with Gasteiger partial charge in [0.25, 0.3) is 0 Å². The molecule has 2 saturated carbocycles. The maximum Gasteiger partial charge on any atom is 0.0575 e. The van der Waals surface area contributed by atoms with Crippen LogP contribution >= 0.6 is 0 Å². The van der Waals surface area contributed by atoms with E-state index in [0.29, 0.717) is 6.10 Å². The summed E-state index contributed by atoms with van der Waals surface area (Å²) in [4.78, 5) is 0. The average Bonchev–Trinajstić information content (AvgIpc) is 2.54. The molecule has 1 nitrogen and oxygen atoms in total. The third-order valence-corrected chi connectivity index (χ3v) is 5.73. The maximum atomic E-state index is 5.94. The summed E-state index contributed by atoms with van der Waals surface area (Å²) in [6.45, 7) is 8.47. The molecule has 0 heterocycles. The summed E-state index contributed by atoms with van der Waals surface area (Å²) in [5, 5.41) is 0. The van der Waals surface area contributed by atoms with Gasteiger partial charge in [-0.05, 0) is 75.5 Å². The van der Waals surface area contributed by atoms with Crippen molar-refractivity contribution < 1.29 is 4.74 Å². The minimum atomic E-state index is 0.533. The Bertz CT molecular complexity index is 293. The van der Waals surface area contributed by atoms with Gasteiger partial charge in [0.05, 0.1) is 12.7 Å². The Morgan fingerprint density at radius 1 is 0.762 bits per heavy atom. The Hall–Kier alpha value is -0.560. The van der Waals surface area contributed by atoms with Crippen molar-refractivity contribution in [2.75, 3.05) is 6.61 Å². The maximum absolute atomic E-state index is 5.94. The van der Waals surface area contributed by atoms with Crippen LogP contribution in [0, 0.1) is 17.8 Å². The summed E-state index contributed by atoms with van der Waals surface area (Å²) in [6.07, 6.45) is 19.4. The van der Waals surface area contributed by atoms with Gasteiger partial charge in [-0.1, -0.05) is 25.0 Å². The predicted octanol–water partition coefficient (Wildman–Crippen LogP) is 5.91. The molecule has 0 aromatic heterocycles. The molecule has 0 saturated heterocycles. The third-order valence-electron chi connectivity index (χ3n) is 5.73. The molecule has 0 aromatic rings. The Morgan fingerprint density at radius 2 is 1.33 bits per heavy atom. The topological polar surface area (TPSA) is 9.23 Å². The summed E-state index contributed by atoms with van der Waals surface area (Å²) in [6, 6.07) is 0. The van der Waals surface area contributed by atoms with Crippen molar-refractivity contribution in [1.29, 1.82) is 0 Å². The number of hydrogen-bond acceptors (Lipinski definition) is 1. The number of rotatable bonds is 8. The van der Waals surface area contributed by atoms with Crippen LogP contribution in [0.25, 0.3) is 0 Å². The molecule has 1 heteroatoms. The highest BCUT2D eigenvalue weighted by Crippen LogP contribution is 2.41. The normalized spacial score (nSPS) is 33.5. The van der Waals surface area contributed by atoms with Gasteiger partial charge in [0.1, 0.15) is 0 Å². The molecule has 2 rings (SSSR count). The Morgan fingerprint density at radius 3 is 1.90 bits per heavy atom. The van der Waals surface area contributed by atoms with Gasteiger partial charge in [0, 0.05) is 0 Å². The summed E-state index contributed by atoms with van der Waals surface area (Å²) in [5.41, 5.74) is 0. The zero-order chi connectivity index (χ0) is 14.9. The van der Waals surface area contributed by atoms with Gasteiger partial charge in [-0.15, -0.1) is 13.2 Å². The van der Waals surface area contributed by atoms with Crippen LogP contribution < -0.4 is 0 Å². The lowest BCUT2D eigenvalue weighted by atomic mass is 9.70. The molecule has 0 unspecified atom stereocenters. The summed E-state index contributed by atoms with van der Waals surface area (Å²) < 4.78 is 5.94. The van der Waals surface area contributed by atoms with E-state index in [1.165, 1.54) is 64.2 Å². The number of allylic oxidation sites excluding steroid dienone is 1. The third kappa shape index (κ3) is 5.62. The van der Waals surface area contributed by atoms with Crippen molar-refractivity contribution in [1.82, 2.24) is 0 Å². The van der Waals surface area contributed by atoms with Crippen molar-refractivity contribution in [3.8, 4) is 0 Å². The number of hydrogen-bond donors (Lipinski definition) is 0. The monoisotopic (exact) mass is 290 g/mol. The molecule has 0 amide bonds. The van der Waals surface area contributed by atoms with Gasteiger partial charge >= 0.3 is 0 Å².